The molecule has 25 heavy (non-hydrogen) atoms. The molecular weight excluding hydrogens is 453 g/mol. The van der Waals surface area contributed by atoms with Gasteiger partial charge in [0.2, 0.25) is 0 Å². The normalized spacial score (nSPS) is 15.4. The van der Waals surface area contributed by atoms with Crippen LogP contribution in [0, 0.1) is 3.57 Å². The minimum Gasteiger partial charge on any atom is -0.493 e. The van der Waals surface area contributed by atoms with Crippen LogP contribution < -0.4 is 14.8 Å². The highest BCUT2D eigenvalue weighted by Crippen LogP contribution is 2.36. The second-order valence-electron chi connectivity index (χ2n) is 5.16. The molecule has 0 atom stereocenters. The number of imide groups is 1. The van der Waals surface area contributed by atoms with Crippen molar-refractivity contribution in [3.05, 3.63) is 62.1 Å². The van der Waals surface area contributed by atoms with Crippen molar-refractivity contribution in [3.8, 4) is 11.5 Å². The molecule has 3 rings (SSSR count). The molecule has 128 valence electrons. The van der Waals surface area contributed by atoms with Gasteiger partial charge >= 0.3 is 0 Å². The molecule has 0 aliphatic carbocycles. The van der Waals surface area contributed by atoms with E-state index in [9.17, 15) is 9.59 Å². The van der Waals surface area contributed by atoms with Crippen molar-refractivity contribution in [1.29, 1.82) is 0 Å². The van der Waals surface area contributed by atoms with Crippen LogP contribution in [0.1, 0.15) is 11.1 Å². The van der Waals surface area contributed by atoms with Crippen LogP contribution in [0.5, 0.6) is 11.5 Å². The van der Waals surface area contributed by atoms with Crippen molar-refractivity contribution >= 4 is 51.6 Å². The number of benzene rings is 2. The average molecular weight is 467 g/mol. The van der Waals surface area contributed by atoms with E-state index in [1.165, 1.54) is 0 Å². The Morgan fingerprint density at radius 3 is 2.60 bits per heavy atom. The van der Waals surface area contributed by atoms with Crippen LogP contribution in [0.25, 0.3) is 6.08 Å². The Bertz CT molecular complexity index is 852. The number of rotatable bonds is 5. The van der Waals surface area contributed by atoms with Crippen LogP contribution in [0.2, 0.25) is 0 Å². The molecule has 5 nitrogen and oxygen atoms in total. The minimum absolute atomic E-state index is 0.360. The summed E-state index contributed by atoms with van der Waals surface area (Å²) >= 11 is 3.05. The van der Waals surface area contributed by atoms with Gasteiger partial charge in [-0.1, -0.05) is 30.3 Å². The highest BCUT2D eigenvalue weighted by Gasteiger charge is 2.25. The van der Waals surface area contributed by atoms with Gasteiger partial charge in [0.25, 0.3) is 11.1 Å². The van der Waals surface area contributed by atoms with E-state index >= 15 is 0 Å². The van der Waals surface area contributed by atoms with Crippen molar-refractivity contribution in [2.45, 2.75) is 6.61 Å². The van der Waals surface area contributed by atoms with Gasteiger partial charge in [-0.25, -0.2) is 0 Å². The molecular formula is C18H14INO4S. The first-order chi connectivity index (χ1) is 12.1. The van der Waals surface area contributed by atoms with Crippen molar-refractivity contribution in [3.63, 3.8) is 0 Å². The lowest BCUT2D eigenvalue weighted by atomic mass is 10.2. The van der Waals surface area contributed by atoms with Crippen LogP contribution in [-0.2, 0) is 11.4 Å². The third-order valence-corrected chi connectivity index (χ3v) is 5.03. The van der Waals surface area contributed by atoms with Crippen molar-refractivity contribution in [2.24, 2.45) is 0 Å². The minimum atomic E-state index is -0.381. The van der Waals surface area contributed by atoms with E-state index in [0.29, 0.717) is 23.0 Å². The number of ether oxygens (including phenoxy) is 2. The first-order valence-corrected chi connectivity index (χ1v) is 9.25. The molecule has 2 amide bonds. The van der Waals surface area contributed by atoms with Crippen molar-refractivity contribution < 1.29 is 19.1 Å². The molecule has 1 heterocycles. The molecule has 0 saturated carbocycles. The highest BCUT2D eigenvalue weighted by atomic mass is 127. The molecule has 1 N–H and O–H groups in total. The molecule has 7 heteroatoms. The standard InChI is InChI=1S/C18H14INO4S/c1-23-14-8-12(9-15-17(21)20-18(22)25-15)7-13(19)16(14)24-10-11-5-3-2-4-6-11/h2-9H,10H2,1H3,(H,20,21,22)/b15-9-. The first kappa shape index (κ1) is 17.8. The Balaban J connectivity index is 1.85. The Hall–Kier alpha value is -2.00. The summed E-state index contributed by atoms with van der Waals surface area (Å²) in [5, 5.41) is 1.88. The fourth-order valence-electron chi connectivity index (χ4n) is 2.27. The summed E-state index contributed by atoms with van der Waals surface area (Å²) in [5.41, 5.74) is 1.82. The molecule has 2 aromatic carbocycles. The molecule has 1 aliphatic rings. The zero-order valence-corrected chi connectivity index (χ0v) is 16.2. The fraction of sp³-hybridized carbons (Fsp3) is 0.111. The molecule has 0 aromatic heterocycles. The average Bonchev–Trinajstić information content (AvgIpc) is 2.91. The van der Waals surface area contributed by atoms with Crippen LogP contribution in [-0.4, -0.2) is 18.3 Å². The van der Waals surface area contributed by atoms with Crippen molar-refractivity contribution in [2.75, 3.05) is 7.11 Å². The Kier molecular flexibility index (Phi) is 5.64. The molecule has 0 radical (unpaired) electrons. The van der Waals surface area contributed by atoms with Gasteiger partial charge in [0.05, 0.1) is 15.6 Å². The number of halogens is 1. The van der Waals surface area contributed by atoms with Crippen molar-refractivity contribution in [1.82, 2.24) is 5.32 Å². The van der Waals surface area contributed by atoms with E-state index < -0.39 is 0 Å². The monoisotopic (exact) mass is 467 g/mol. The molecule has 1 fully saturated rings. The van der Waals surface area contributed by atoms with E-state index in [4.69, 9.17) is 9.47 Å². The van der Waals surface area contributed by atoms with E-state index in [0.717, 1.165) is 26.5 Å². The largest absolute Gasteiger partial charge is 0.493 e. The summed E-state index contributed by atoms with van der Waals surface area (Å²) in [6.07, 6.45) is 1.66. The summed E-state index contributed by atoms with van der Waals surface area (Å²) < 4.78 is 12.2. The maximum Gasteiger partial charge on any atom is 0.290 e. The topological polar surface area (TPSA) is 64.6 Å². The van der Waals surface area contributed by atoms with E-state index in [2.05, 4.69) is 27.9 Å². The number of hydrogen-bond acceptors (Lipinski definition) is 5. The maximum atomic E-state index is 11.7. The smallest absolute Gasteiger partial charge is 0.290 e. The van der Waals surface area contributed by atoms with Crippen LogP contribution >= 0.6 is 34.4 Å². The number of hydrogen-bond donors (Lipinski definition) is 1. The SMILES string of the molecule is COc1cc(/C=C2\SC(=O)NC2=O)cc(I)c1OCc1ccccc1. The van der Waals surface area contributed by atoms with Crippen LogP contribution in [0.15, 0.2) is 47.4 Å². The second kappa shape index (κ2) is 7.92. The van der Waals surface area contributed by atoms with Gasteiger partial charge in [-0.2, -0.15) is 0 Å². The number of thioether (sulfide) groups is 1. The predicted octanol–water partition coefficient (Wildman–Crippen LogP) is 4.20. The van der Waals surface area contributed by atoms with Gasteiger partial charge in [0, 0.05) is 0 Å². The lowest BCUT2D eigenvalue weighted by Crippen LogP contribution is -2.17. The maximum absolute atomic E-state index is 11.7. The zero-order valence-electron chi connectivity index (χ0n) is 13.2. The Morgan fingerprint density at radius 1 is 1.20 bits per heavy atom. The summed E-state index contributed by atoms with van der Waals surface area (Å²) in [4.78, 5) is 23.3. The second-order valence-corrected chi connectivity index (χ2v) is 7.34. The van der Waals surface area contributed by atoms with E-state index in [-0.39, 0.29) is 11.1 Å². The summed E-state index contributed by atoms with van der Waals surface area (Å²) in [6.45, 7) is 0.431. The molecule has 0 bridgehead atoms. The summed E-state index contributed by atoms with van der Waals surface area (Å²) in [7, 11) is 1.57. The first-order valence-electron chi connectivity index (χ1n) is 7.36. The number of amides is 2. The number of methoxy groups -OCH3 is 1. The molecule has 1 saturated heterocycles. The molecule has 0 spiro atoms. The Morgan fingerprint density at radius 2 is 1.96 bits per heavy atom. The fourth-order valence-corrected chi connectivity index (χ4v) is 3.73. The highest BCUT2D eigenvalue weighted by molar-refractivity contribution is 14.1. The molecule has 1 aliphatic heterocycles. The zero-order chi connectivity index (χ0) is 17.8. The van der Waals surface area contributed by atoms with Gasteiger partial charge in [0.15, 0.2) is 11.5 Å². The summed E-state index contributed by atoms with van der Waals surface area (Å²) in [5.74, 6) is 0.839. The van der Waals surface area contributed by atoms with Crippen LogP contribution in [0.4, 0.5) is 4.79 Å². The molecule has 0 unspecified atom stereocenters. The number of carbonyl (C=O) groups is 2. The van der Waals surface area contributed by atoms with Gasteiger partial charge in [-0.05, 0) is 63.7 Å². The van der Waals surface area contributed by atoms with Gasteiger partial charge in [-0.15, -0.1) is 0 Å². The van der Waals surface area contributed by atoms with Gasteiger partial charge in [-0.3, -0.25) is 14.9 Å². The van der Waals surface area contributed by atoms with E-state index in [1.807, 2.05) is 36.4 Å². The summed E-state index contributed by atoms with van der Waals surface area (Å²) in [6, 6.07) is 13.5. The quantitative estimate of drug-likeness (QED) is 0.528. The molecule has 2 aromatic rings. The number of nitrogens with one attached hydrogen (secondary N) is 1. The predicted molar refractivity (Wildman–Crippen MR) is 106 cm³/mol. The van der Waals surface area contributed by atoms with Gasteiger partial charge in [0.1, 0.15) is 6.61 Å². The van der Waals surface area contributed by atoms with E-state index in [1.54, 1.807) is 19.3 Å². The van der Waals surface area contributed by atoms with Gasteiger partial charge < -0.3 is 9.47 Å². The lowest BCUT2D eigenvalue weighted by molar-refractivity contribution is -0.115. The third kappa shape index (κ3) is 4.35. The lowest BCUT2D eigenvalue weighted by Gasteiger charge is -2.14. The third-order valence-electron chi connectivity index (χ3n) is 3.42. The number of carbonyl (C=O) groups excluding carboxylic acids is 2. The van der Waals surface area contributed by atoms with Crippen LogP contribution in [0.3, 0.4) is 0 Å². The Labute approximate surface area is 162 Å².